The van der Waals surface area contributed by atoms with Gasteiger partial charge in [0.2, 0.25) is 0 Å². The van der Waals surface area contributed by atoms with Crippen molar-refractivity contribution in [1.82, 2.24) is 4.57 Å². The van der Waals surface area contributed by atoms with Gasteiger partial charge in [-0.1, -0.05) is 141 Å². The Kier molecular flexibility index (Phi) is 4.97. The summed E-state index contributed by atoms with van der Waals surface area (Å²) < 4.78 is 2.45. The Balaban J connectivity index is 1.09. The number of nitrogens with zero attached hydrogens (tertiary/aromatic N) is 1. The van der Waals surface area contributed by atoms with Crippen LogP contribution >= 0.6 is 0 Å². The van der Waals surface area contributed by atoms with Crippen molar-refractivity contribution < 1.29 is 0 Å². The zero-order valence-corrected chi connectivity index (χ0v) is 26.9. The molecule has 224 valence electrons. The lowest BCUT2D eigenvalue weighted by molar-refractivity contribution is 0.666. The van der Waals surface area contributed by atoms with Crippen LogP contribution in [0.1, 0.15) is 25.0 Å². The monoisotopic (exact) mass is 609 g/mol. The summed E-state index contributed by atoms with van der Waals surface area (Å²) in [6, 6.07) is 56.7. The lowest BCUT2D eigenvalue weighted by atomic mass is 9.80. The normalized spacial score (nSPS) is 13.8. The smallest absolute Gasteiger partial charge is 0.0547 e. The highest BCUT2D eigenvalue weighted by molar-refractivity contribution is 6.23. The van der Waals surface area contributed by atoms with Crippen LogP contribution in [0.25, 0.3) is 93.5 Å². The minimum Gasteiger partial charge on any atom is -0.309 e. The summed E-state index contributed by atoms with van der Waals surface area (Å²) >= 11 is 0. The largest absolute Gasteiger partial charge is 0.309 e. The van der Waals surface area contributed by atoms with Gasteiger partial charge in [0.05, 0.1) is 11.0 Å². The lowest BCUT2D eigenvalue weighted by Crippen LogP contribution is -2.15. The summed E-state index contributed by atoms with van der Waals surface area (Å²) in [5.41, 5.74) is 17.1. The third-order valence-electron chi connectivity index (χ3n) is 11.3. The molecule has 0 saturated carbocycles. The zero-order chi connectivity index (χ0) is 31.7. The summed E-state index contributed by atoms with van der Waals surface area (Å²) in [7, 11) is 0. The van der Waals surface area contributed by atoms with E-state index in [9.17, 15) is 0 Å². The van der Waals surface area contributed by atoms with Gasteiger partial charge in [-0.15, -0.1) is 0 Å². The van der Waals surface area contributed by atoms with Crippen molar-refractivity contribution in [3.05, 3.63) is 163 Å². The molecule has 1 heterocycles. The van der Waals surface area contributed by atoms with Gasteiger partial charge in [-0.25, -0.2) is 0 Å². The third kappa shape index (κ3) is 3.21. The predicted octanol–water partition coefficient (Wildman–Crippen LogP) is 12.7. The van der Waals surface area contributed by atoms with E-state index in [0.29, 0.717) is 0 Å². The van der Waals surface area contributed by atoms with E-state index < -0.39 is 0 Å². The first-order valence-corrected chi connectivity index (χ1v) is 17.0. The van der Waals surface area contributed by atoms with E-state index in [1.165, 1.54) is 105 Å². The Morgan fingerprint density at radius 1 is 0.375 bits per heavy atom. The molecule has 0 fully saturated rings. The number of benzene rings is 8. The van der Waals surface area contributed by atoms with Crippen molar-refractivity contribution in [2.45, 2.75) is 19.3 Å². The van der Waals surface area contributed by atoms with Gasteiger partial charge in [-0.05, 0) is 101 Å². The second-order valence-corrected chi connectivity index (χ2v) is 14.0. The van der Waals surface area contributed by atoms with Crippen LogP contribution < -0.4 is 0 Å². The van der Waals surface area contributed by atoms with E-state index in [1.54, 1.807) is 0 Å². The summed E-state index contributed by atoms with van der Waals surface area (Å²) in [6.45, 7) is 4.76. The fourth-order valence-electron chi connectivity index (χ4n) is 9.30. The molecular formula is C47H31N. The summed E-state index contributed by atoms with van der Waals surface area (Å²) in [5, 5.41) is 7.99. The molecule has 0 bridgehead atoms. The fourth-order valence-corrected chi connectivity index (χ4v) is 9.30. The molecule has 0 N–H and O–H groups in total. The van der Waals surface area contributed by atoms with Gasteiger partial charge in [0.25, 0.3) is 0 Å². The molecule has 2 aliphatic carbocycles. The van der Waals surface area contributed by atoms with Crippen LogP contribution in [0.2, 0.25) is 0 Å². The fraction of sp³-hybridized carbons (Fsp3) is 0.0638. The molecule has 48 heavy (non-hydrogen) atoms. The van der Waals surface area contributed by atoms with Gasteiger partial charge >= 0.3 is 0 Å². The molecule has 0 amide bonds. The second kappa shape index (κ2) is 9.12. The quantitative estimate of drug-likeness (QED) is 0.184. The molecule has 1 heteroatoms. The summed E-state index contributed by atoms with van der Waals surface area (Å²) in [5.74, 6) is 0. The van der Waals surface area contributed by atoms with Crippen molar-refractivity contribution in [2.75, 3.05) is 0 Å². The number of rotatable bonds is 2. The molecule has 9 aromatic rings. The van der Waals surface area contributed by atoms with Crippen LogP contribution in [0.4, 0.5) is 0 Å². The highest BCUT2D eigenvalue weighted by Gasteiger charge is 2.37. The molecule has 8 aromatic carbocycles. The molecule has 0 saturated heterocycles. The molecular weight excluding hydrogens is 579 g/mol. The van der Waals surface area contributed by atoms with E-state index in [4.69, 9.17) is 0 Å². The average molecular weight is 610 g/mol. The van der Waals surface area contributed by atoms with Gasteiger partial charge in [-0.3, -0.25) is 0 Å². The summed E-state index contributed by atoms with van der Waals surface area (Å²) in [6.07, 6.45) is 0. The van der Waals surface area contributed by atoms with E-state index in [2.05, 4.69) is 170 Å². The maximum atomic E-state index is 2.45. The zero-order valence-electron chi connectivity index (χ0n) is 26.9. The molecule has 0 unspecified atom stereocenters. The lowest BCUT2D eigenvalue weighted by Gasteiger charge is -2.23. The third-order valence-corrected chi connectivity index (χ3v) is 11.3. The van der Waals surface area contributed by atoms with Gasteiger partial charge in [0, 0.05) is 21.9 Å². The first-order chi connectivity index (χ1) is 23.6. The van der Waals surface area contributed by atoms with Crippen molar-refractivity contribution in [1.29, 1.82) is 0 Å². The maximum Gasteiger partial charge on any atom is 0.0547 e. The Hall–Kier alpha value is -5.92. The minimum absolute atomic E-state index is 0.0568. The second-order valence-electron chi connectivity index (χ2n) is 14.0. The standard InChI is InChI=1S/C47H31N/c1-47(2)41-16-7-5-12-33(41)38-25-24-37-39(46(38)47)26-27-43-45(37)40-13-6-8-17-42(40)48(43)29-20-18-28(19-21-29)30-22-23-36-32-11-4-3-10-31(32)35-15-9-14-34(30)44(35)36/h3-27H,1-2H3. The Morgan fingerprint density at radius 3 is 1.83 bits per heavy atom. The minimum atomic E-state index is -0.0568. The number of hydrogen-bond donors (Lipinski definition) is 0. The molecule has 1 nitrogen and oxygen atoms in total. The van der Waals surface area contributed by atoms with Crippen LogP contribution in [0, 0.1) is 0 Å². The van der Waals surface area contributed by atoms with Gasteiger partial charge < -0.3 is 4.57 Å². The van der Waals surface area contributed by atoms with E-state index >= 15 is 0 Å². The molecule has 1 aromatic heterocycles. The number of aromatic nitrogens is 1. The van der Waals surface area contributed by atoms with Crippen LogP contribution in [0.15, 0.2) is 152 Å². The molecule has 11 rings (SSSR count). The van der Waals surface area contributed by atoms with Crippen molar-refractivity contribution in [3.63, 3.8) is 0 Å². The SMILES string of the molecule is CC1(C)c2ccccc2-c2ccc3c(ccc4c3c3ccccc3n4-c3ccc(-c4ccc5c6c(cccc46)-c4ccccc4-5)cc3)c21. The van der Waals surface area contributed by atoms with Crippen molar-refractivity contribution in [2.24, 2.45) is 0 Å². The highest BCUT2D eigenvalue weighted by Crippen LogP contribution is 2.53. The molecule has 0 atom stereocenters. The number of fused-ring (bicyclic) bond motifs is 12. The first kappa shape index (κ1) is 26.2. The van der Waals surface area contributed by atoms with Gasteiger partial charge in [-0.2, -0.15) is 0 Å². The number of para-hydroxylation sites is 1. The van der Waals surface area contributed by atoms with Crippen molar-refractivity contribution >= 4 is 43.4 Å². The first-order valence-electron chi connectivity index (χ1n) is 17.0. The van der Waals surface area contributed by atoms with Crippen molar-refractivity contribution in [3.8, 4) is 50.2 Å². The molecule has 0 radical (unpaired) electrons. The predicted molar refractivity (Wildman–Crippen MR) is 203 cm³/mol. The van der Waals surface area contributed by atoms with E-state index in [-0.39, 0.29) is 5.41 Å². The Morgan fingerprint density at radius 2 is 1.00 bits per heavy atom. The van der Waals surface area contributed by atoms with Crippen LogP contribution in [-0.2, 0) is 5.41 Å². The maximum absolute atomic E-state index is 2.45. The highest BCUT2D eigenvalue weighted by atomic mass is 15.0. The topological polar surface area (TPSA) is 4.93 Å². The molecule has 0 spiro atoms. The Labute approximate surface area is 279 Å². The van der Waals surface area contributed by atoms with E-state index in [1.807, 2.05) is 0 Å². The Bertz CT molecular complexity index is 2820. The number of hydrogen-bond acceptors (Lipinski definition) is 0. The molecule has 0 aliphatic heterocycles. The van der Waals surface area contributed by atoms with Crippen LogP contribution in [-0.4, -0.2) is 4.57 Å². The average Bonchev–Trinajstić information content (AvgIpc) is 3.73. The van der Waals surface area contributed by atoms with Crippen LogP contribution in [0.3, 0.4) is 0 Å². The van der Waals surface area contributed by atoms with Gasteiger partial charge in [0.15, 0.2) is 0 Å². The summed E-state index contributed by atoms with van der Waals surface area (Å²) in [4.78, 5) is 0. The van der Waals surface area contributed by atoms with Crippen LogP contribution in [0.5, 0.6) is 0 Å². The van der Waals surface area contributed by atoms with E-state index in [0.717, 1.165) is 0 Å². The molecule has 2 aliphatic rings. The van der Waals surface area contributed by atoms with Gasteiger partial charge in [0.1, 0.15) is 0 Å².